The van der Waals surface area contributed by atoms with Crippen LogP contribution in [0.15, 0.2) is 48.5 Å². The minimum Gasteiger partial charge on any atom is -0.481 e. The van der Waals surface area contributed by atoms with Gasteiger partial charge in [-0.15, -0.1) is 0 Å². The predicted molar refractivity (Wildman–Crippen MR) is 149 cm³/mol. The van der Waals surface area contributed by atoms with Crippen LogP contribution in [0.5, 0.6) is 0 Å². The number of urea groups is 1. The molecule has 39 heavy (non-hydrogen) atoms. The number of carbonyl (C=O) groups excluding carboxylic acids is 3. The number of hydrogen-bond donors (Lipinski definition) is 6. The first-order valence-electron chi connectivity index (χ1n) is 12.8. The molecule has 2 rings (SSSR count). The smallest absolute Gasteiger partial charge is 0.411 e. The first-order chi connectivity index (χ1) is 18.5. The molecule has 2 aromatic carbocycles. The highest BCUT2D eigenvalue weighted by molar-refractivity contribution is 5.90. The van der Waals surface area contributed by atoms with Crippen LogP contribution in [0, 0.1) is 5.41 Å². The molecular weight excluding hydrogens is 502 g/mol. The van der Waals surface area contributed by atoms with Crippen molar-refractivity contribution in [2.45, 2.75) is 58.6 Å². The Morgan fingerprint density at radius 3 is 2.08 bits per heavy atom. The predicted octanol–water partition coefficient (Wildman–Crippen LogP) is 3.84. The number of likely N-dealkylation sites (N-methyl/N-ethyl adjacent to an activating group) is 1. The molecule has 4 amide bonds. The van der Waals surface area contributed by atoms with Crippen LogP contribution in [-0.2, 0) is 27.4 Å². The first kappa shape index (κ1) is 31.1. The van der Waals surface area contributed by atoms with Crippen LogP contribution in [-0.4, -0.2) is 48.7 Å². The highest BCUT2D eigenvalue weighted by Gasteiger charge is 2.30. The topological polar surface area (TPSA) is 172 Å². The number of carboxylic acids is 1. The second-order valence-electron chi connectivity index (χ2n) is 9.97. The number of rotatable bonds is 15. The summed E-state index contributed by atoms with van der Waals surface area (Å²) < 4.78 is 5.29. The van der Waals surface area contributed by atoms with Gasteiger partial charge < -0.3 is 31.5 Å². The van der Waals surface area contributed by atoms with Gasteiger partial charge in [-0.1, -0.05) is 24.3 Å². The van der Waals surface area contributed by atoms with Crippen molar-refractivity contribution in [2.24, 2.45) is 11.1 Å². The fourth-order valence-corrected chi connectivity index (χ4v) is 3.82. The lowest BCUT2D eigenvalue weighted by Crippen LogP contribution is -2.36. The van der Waals surface area contributed by atoms with Crippen molar-refractivity contribution in [1.82, 2.24) is 10.6 Å². The van der Waals surface area contributed by atoms with Gasteiger partial charge in [0.1, 0.15) is 6.61 Å². The monoisotopic (exact) mass is 541 g/mol. The number of nitrogens with two attached hydrogens (primary N) is 1. The Morgan fingerprint density at radius 2 is 1.51 bits per heavy atom. The van der Waals surface area contributed by atoms with Gasteiger partial charge in [0.2, 0.25) is 5.91 Å². The molecule has 0 fully saturated rings. The van der Waals surface area contributed by atoms with Crippen LogP contribution in [0.3, 0.4) is 0 Å². The Kier molecular flexibility index (Phi) is 12.2. The minimum absolute atomic E-state index is 0.00309. The lowest BCUT2D eigenvalue weighted by molar-refractivity contribution is -0.147. The standard InChI is InChI=1S/C28H39N5O6/c1-28(2,25(35)36)17-23(30-3)16-19-7-11-22(12-8-19)33-27(38)39-18-20-9-13-21(14-10-20)32-24(34)6-4-5-15-31-26(29)37/h7-14,23,30H,4-6,15-18H2,1-3H3,(H,32,34)(H,33,38)(H,35,36)(H3,29,31,37). The van der Waals surface area contributed by atoms with E-state index in [1.165, 1.54) is 0 Å². The maximum Gasteiger partial charge on any atom is 0.411 e. The third-order valence-electron chi connectivity index (χ3n) is 6.16. The Morgan fingerprint density at radius 1 is 0.923 bits per heavy atom. The number of primary amides is 1. The highest BCUT2D eigenvalue weighted by Crippen LogP contribution is 2.24. The van der Waals surface area contributed by atoms with Gasteiger partial charge in [-0.2, -0.15) is 0 Å². The van der Waals surface area contributed by atoms with E-state index in [2.05, 4.69) is 21.3 Å². The molecule has 0 saturated heterocycles. The van der Waals surface area contributed by atoms with Crippen molar-refractivity contribution in [1.29, 1.82) is 0 Å². The van der Waals surface area contributed by atoms with E-state index in [0.717, 1.165) is 11.1 Å². The Bertz CT molecular complexity index is 1100. The summed E-state index contributed by atoms with van der Waals surface area (Å²) in [5.74, 6) is -0.961. The van der Waals surface area contributed by atoms with Gasteiger partial charge in [-0.3, -0.25) is 14.9 Å². The van der Waals surface area contributed by atoms with Crippen LogP contribution in [0.25, 0.3) is 0 Å². The molecule has 2 aromatic rings. The van der Waals surface area contributed by atoms with Crippen molar-refractivity contribution in [3.8, 4) is 0 Å². The summed E-state index contributed by atoms with van der Waals surface area (Å²) in [4.78, 5) is 46.3. The number of carbonyl (C=O) groups is 4. The molecule has 0 aliphatic rings. The van der Waals surface area contributed by atoms with E-state index in [-0.39, 0.29) is 18.6 Å². The van der Waals surface area contributed by atoms with Crippen molar-refractivity contribution >= 4 is 35.4 Å². The number of nitrogens with one attached hydrogen (secondary N) is 4. The maximum absolute atomic E-state index is 12.2. The number of unbranched alkanes of at least 4 members (excludes halogenated alkanes) is 1. The summed E-state index contributed by atoms with van der Waals surface area (Å²) in [5.41, 5.74) is 7.15. The normalized spacial score (nSPS) is 11.8. The fraction of sp³-hybridized carbons (Fsp3) is 0.429. The molecule has 0 aromatic heterocycles. The van der Waals surface area contributed by atoms with E-state index < -0.39 is 23.5 Å². The molecule has 11 heteroatoms. The second kappa shape index (κ2) is 15.3. The number of amides is 4. The summed E-state index contributed by atoms with van der Waals surface area (Å²) in [6, 6.07) is 13.7. The molecule has 0 heterocycles. The molecule has 1 atom stereocenters. The SMILES string of the molecule is CNC(Cc1ccc(NC(=O)OCc2ccc(NC(=O)CCCCNC(N)=O)cc2)cc1)CC(C)(C)C(=O)O. The van der Waals surface area contributed by atoms with Gasteiger partial charge in [0.15, 0.2) is 0 Å². The summed E-state index contributed by atoms with van der Waals surface area (Å²) in [7, 11) is 1.81. The third-order valence-corrected chi connectivity index (χ3v) is 6.16. The molecule has 0 saturated carbocycles. The Hall–Kier alpha value is -4.12. The highest BCUT2D eigenvalue weighted by atomic mass is 16.5. The molecule has 212 valence electrons. The maximum atomic E-state index is 12.2. The van der Waals surface area contributed by atoms with Gasteiger partial charge >= 0.3 is 18.1 Å². The van der Waals surface area contributed by atoms with E-state index in [4.69, 9.17) is 10.5 Å². The average molecular weight is 542 g/mol. The second-order valence-corrected chi connectivity index (χ2v) is 9.97. The lowest BCUT2D eigenvalue weighted by atomic mass is 9.84. The van der Waals surface area contributed by atoms with Crippen LogP contribution in [0.1, 0.15) is 50.7 Å². The van der Waals surface area contributed by atoms with Gasteiger partial charge in [-0.25, -0.2) is 9.59 Å². The summed E-state index contributed by atoms with van der Waals surface area (Å²) in [6.07, 6.45) is 2.15. The quantitative estimate of drug-likeness (QED) is 0.186. The van der Waals surface area contributed by atoms with E-state index >= 15 is 0 Å². The molecule has 1 unspecified atom stereocenters. The van der Waals surface area contributed by atoms with Gasteiger partial charge in [-0.05, 0) is 82.0 Å². The molecule has 0 aliphatic carbocycles. The molecule has 0 aliphatic heterocycles. The van der Waals surface area contributed by atoms with Crippen LogP contribution in [0.4, 0.5) is 21.0 Å². The van der Waals surface area contributed by atoms with Crippen LogP contribution >= 0.6 is 0 Å². The Balaban J connectivity index is 1.74. The summed E-state index contributed by atoms with van der Waals surface area (Å²) in [6.45, 7) is 3.92. The molecule has 7 N–H and O–H groups in total. The minimum atomic E-state index is -0.833. The zero-order chi connectivity index (χ0) is 28.8. The number of benzene rings is 2. The van der Waals surface area contributed by atoms with Crippen molar-refractivity contribution in [2.75, 3.05) is 24.2 Å². The Labute approximate surface area is 228 Å². The number of anilines is 2. The van der Waals surface area contributed by atoms with Gasteiger partial charge in [0, 0.05) is 30.4 Å². The van der Waals surface area contributed by atoms with E-state index in [1.54, 1.807) is 50.2 Å². The van der Waals surface area contributed by atoms with Crippen LogP contribution < -0.4 is 27.0 Å². The zero-order valence-corrected chi connectivity index (χ0v) is 22.7. The lowest BCUT2D eigenvalue weighted by Gasteiger charge is -2.26. The molecular formula is C28H39N5O6. The van der Waals surface area contributed by atoms with Gasteiger partial charge in [0.05, 0.1) is 5.41 Å². The fourth-order valence-electron chi connectivity index (χ4n) is 3.82. The largest absolute Gasteiger partial charge is 0.481 e. The van der Waals surface area contributed by atoms with Crippen LogP contribution in [0.2, 0.25) is 0 Å². The van der Waals surface area contributed by atoms with Crippen molar-refractivity contribution in [3.63, 3.8) is 0 Å². The number of carboxylic acid groups (broad SMARTS) is 1. The molecule has 0 spiro atoms. The number of aliphatic carboxylic acids is 1. The van der Waals surface area contributed by atoms with Crippen molar-refractivity contribution in [3.05, 3.63) is 59.7 Å². The summed E-state index contributed by atoms with van der Waals surface area (Å²) in [5, 5.41) is 20.5. The van der Waals surface area contributed by atoms with Gasteiger partial charge in [0.25, 0.3) is 0 Å². The first-order valence-corrected chi connectivity index (χ1v) is 12.8. The number of hydrogen-bond acceptors (Lipinski definition) is 6. The summed E-state index contributed by atoms with van der Waals surface area (Å²) >= 11 is 0. The van der Waals surface area contributed by atoms with E-state index in [0.29, 0.717) is 50.0 Å². The molecule has 11 nitrogen and oxygen atoms in total. The zero-order valence-electron chi connectivity index (χ0n) is 22.7. The van der Waals surface area contributed by atoms with E-state index in [9.17, 15) is 24.3 Å². The third kappa shape index (κ3) is 11.9. The van der Waals surface area contributed by atoms with E-state index in [1.807, 2.05) is 19.2 Å². The molecule has 0 radical (unpaired) electrons. The number of ether oxygens (including phenoxy) is 1. The molecule has 0 bridgehead atoms. The van der Waals surface area contributed by atoms with Crippen molar-refractivity contribution < 1.29 is 29.0 Å². The average Bonchev–Trinajstić information content (AvgIpc) is 2.88.